The van der Waals surface area contributed by atoms with Crippen molar-refractivity contribution in [2.75, 3.05) is 32.0 Å². The molecule has 0 aliphatic heterocycles. The predicted octanol–water partition coefficient (Wildman–Crippen LogP) is 4.49. The van der Waals surface area contributed by atoms with Gasteiger partial charge in [-0.25, -0.2) is 0 Å². The third-order valence-corrected chi connectivity index (χ3v) is 4.41. The molecule has 0 aromatic heterocycles. The molecular weight excluding hydrogens is 302 g/mol. The maximum atomic E-state index is 5.35. The Labute approximate surface area is 147 Å². The van der Waals surface area contributed by atoms with Crippen molar-refractivity contribution in [2.45, 2.75) is 52.9 Å². The number of benzene rings is 1. The van der Waals surface area contributed by atoms with Gasteiger partial charge in [-0.05, 0) is 82.3 Å². The topological polar surface area (TPSA) is 27.3 Å². The highest BCUT2D eigenvalue weighted by molar-refractivity contribution is 7.80. The van der Waals surface area contributed by atoms with E-state index >= 15 is 0 Å². The molecule has 1 rings (SSSR count). The van der Waals surface area contributed by atoms with Crippen LogP contribution in [0.3, 0.4) is 0 Å². The van der Waals surface area contributed by atoms with Gasteiger partial charge in [-0.1, -0.05) is 32.3 Å². The van der Waals surface area contributed by atoms with Crippen molar-refractivity contribution in [1.82, 2.24) is 10.2 Å². The Hall–Kier alpha value is -1.13. The number of anilines is 1. The van der Waals surface area contributed by atoms with Gasteiger partial charge < -0.3 is 15.5 Å². The van der Waals surface area contributed by atoms with Crippen molar-refractivity contribution in [3.63, 3.8) is 0 Å². The molecule has 1 aromatic rings. The van der Waals surface area contributed by atoms with Gasteiger partial charge in [-0.3, -0.25) is 0 Å². The van der Waals surface area contributed by atoms with Crippen molar-refractivity contribution in [2.24, 2.45) is 0 Å². The Balaban J connectivity index is 2.13. The lowest BCUT2D eigenvalue weighted by Crippen LogP contribution is -2.31. The summed E-state index contributed by atoms with van der Waals surface area (Å²) in [5.41, 5.74) is 3.64. The predicted molar refractivity (Wildman–Crippen MR) is 106 cm³/mol. The summed E-state index contributed by atoms with van der Waals surface area (Å²) < 4.78 is 0. The number of rotatable bonds is 10. The lowest BCUT2D eigenvalue weighted by atomic mass is 10.1. The van der Waals surface area contributed by atoms with Crippen LogP contribution in [-0.4, -0.2) is 36.7 Å². The highest BCUT2D eigenvalue weighted by atomic mass is 32.1. The van der Waals surface area contributed by atoms with Crippen LogP contribution in [-0.2, 0) is 0 Å². The van der Waals surface area contributed by atoms with Crippen molar-refractivity contribution in [1.29, 1.82) is 0 Å². The largest absolute Gasteiger partial charge is 0.362 e. The first-order chi connectivity index (χ1) is 11.0. The number of nitrogens with zero attached hydrogens (tertiary/aromatic N) is 1. The molecule has 130 valence electrons. The molecule has 0 atom stereocenters. The van der Waals surface area contributed by atoms with E-state index in [9.17, 15) is 0 Å². The number of nitrogens with one attached hydrogen (secondary N) is 2. The molecule has 0 spiro atoms. The Morgan fingerprint density at radius 2 is 1.78 bits per heavy atom. The maximum Gasteiger partial charge on any atom is 0.170 e. The highest BCUT2D eigenvalue weighted by Crippen LogP contribution is 2.13. The molecule has 23 heavy (non-hydrogen) atoms. The van der Waals surface area contributed by atoms with Gasteiger partial charge in [0.25, 0.3) is 0 Å². The summed E-state index contributed by atoms with van der Waals surface area (Å²) in [6.07, 6.45) is 6.43. The summed E-state index contributed by atoms with van der Waals surface area (Å²) >= 11 is 5.35. The zero-order chi connectivity index (χ0) is 17.1. The maximum absolute atomic E-state index is 5.35. The minimum absolute atomic E-state index is 0.707. The van der Waals surface area contributed by atoms with Crippen LogP contribution in [0.15, 0.2) is 18.2 Å². The van der Waals surface area contributed by atoms with Gasteiger partial charge >= 0.3 is 0 Å². The molecular formula is C19H33N3S. The van der Waals surface area contributed by atoms with Crippen LogP contribution >= 0.6 is 12.2 Å². The van der Waals surface area contributed by atoms with E-state index < -0.39 is 0 Å². The van der Waals surface area contributed by atoms with Crippen LogP contribution in [0.1, 0.15) is 50.2 Å². The monoisotopic (exact) mass is 335 g/mol. The fourth-order valence-corrected chi connectivity index (χ4v) is 2.69. The number of unbranched alkanes of at least 4 members (excludes halogenated alkanes) is 3. The van der Waals surface area contributed by atoms with Gasteiger partial charge in [-0.2, -0.15) is 0 Å². The molecule has 0 aliphatic carbocycles. The molecule has 0 saturated heterocycles. The third-order valence-electron chi connectivity index (χ3n) is 4.16. The summed E-state index contributed by atoms with van der Waals surface area (Å²) in [7, 11) is 2.21. The number of aryl methyl sites for hydroxylation is 2. The molecule has 0 aliphatic rings. The zero-order valence-electron chi connectivity index (χ0n) is 15.2. The van der Waals surface area contributed by atoms with Gasteiger partial charge in [0, 0.05) is 12.2 Å². The second-order valence-electron chi connectivity index (χ2n) is 6.40. The Kier molecular flexibility index (Phi) is 9.88. The SMILES string of the molecule is CCCCCCN(C)CCCNC(=S)Nc1ccc(C)c(C)c1. The van der Waals surface area contributed by atoms with E-state index in [1.165, 1.54) is 43.4 Å². The van der Waals surface area contributed by atoms with Gasteiger partial charge in [0.15, 0.2) is 5.11 Å². The van der Waals surface area contributed by atoms with Crippen molar-refractivity contribution >= 4 is 23.0 Å². The first-order valence-corrected chi connectivity index (χ1v) is 9.24. The van der Waals surface area contributed by atoms with E-state index in [0.717, 1.165) is 25.2 Å². The molecule has 0 unspecified atom stereocenters. The van der Waals surface area contributed by atoms with Crippen molar-refractivity contribution in [3.05, 3.63) is 29.3 Å². The van der Waals surface area contributed by atoms with E-state index in [1.54, 1.807) is 0 Å². The molecule has 3 nitrogen and oxygen atoms in total. The summed E-state index contributed by atoms with van der Waals surface area (Å²) in [5, 5.41) is 7.25. The normalized spacial score (nSPS) is 10.8. The van der Waals surface area contributed by atoms with Crippen LogP contribution in [0.5, 0.6) is 0 Å². The molecule has 0 fully saturated rings. The molecule has 1 aromatic carbocycles. The second kappa shape index (κ2) is 11.4. The molecule has 4 heteroatoms. The summed E-state index contributed by atoms with van der Waals surface area (Å²) in [6, 6.07) is 6.32. The van der Waals surface area contributed by atoms with Gasteiger partial charge in [-0.15, -0.1) is 0 Å². The Morgan fingerprint density at radius 1 is 1.04 bits per heavy atom. The minimum Gasteiger partial charge on any atom is -0.362 e. The summed E-state index contributed by atoms with van der Waals surface area (Å²) in [6.45, 7) is 9.72. The first-order valence-electron chi connectivity index (χ1n) is 8.83. The van der Waals surface area contributed by atoms with E-state index in [-0.39, 0.29) is 0 Å². The Morgan fingerprint density at radius 3 is 2.48 bits per heavy atom. The average molecular weight is 336 g/mol. The van der Waals surface area contributed by atoms with Crippen LogP contribution in [0.2, 0.25) is 0 Å². The Bertz CT molecular complexity index is 474. The lowest BCUT2D eigenvalue weighted by Gasteiger charge is -2.17. The van der Waals surface area contributed by atoms with Crippen molar-refractivity contribution in [3.8, 4) is 0 Å². The van der Waals surface area contributed by atoms with E-state index in [1.807, 2.05) is 0 Å². The fraction of sp³-hybridized carbons (Fsp3) is 0.632. The van der Waals surface area contributed by atoms with Gasteiger partial charge in [0.1, 0.15) is 0 Å². The minimum atomic E-state index is 0.707. The van der Waals surface area contributed by atoms with E-state index in [4.69, 9.17) is 12.2 Å². The first kappa shape index (κ1) is 19.9. The van der Waals surface area contributed by atoms with Crippen LogP contribution in [0, 0.1) is 13.8 Å². The van der Waals surface area contributed by atoms with Crippen LogP contribution in [0.4, 0.5) is 5.69 Å². The highest BCUT2D eigenvalue weighted by Gasteiger charge is 2.01. The number of thiocarbonyl (C=S) groups is 1. The van der Waals surface area contributed by atoms with Crippen LogP contribution < -0.4 is 10.6 Å². The van der Waals surface area contributed by atoms with E-state index in [0.29, 0.717) is 5.11 Å². The summed E-state index contributed by atoms with van der Waals surface area (Å²) in [4.78, 5) is 2.41. The lowest BCUT2D eigenvalue weighted by molar-refractivity contribution is 0.320. The smallest absolute Gasteiger partial charge is 0.170 e. The second-order valence-corrected chi connectivity index (χ2v) is 6.81. The van der Waals surface area contributed by atoms with Crippen molar-refractivity contribution < 1.29 is 0 Å². The summed E-state index contributed by atoms with van der Waals surface area (Å²) in [5.74, 6) is 0. The molecule has 0 heterocycles. The van der Waals surface area contributed by atoms with Gasteiger partial charge in [0.2, 0.25) is 0 Å². The third kappa shape index (κ3) is 8.92. The fourth-order valence-electron chi connectivity index (χ4n) is 2.47. The molecule has 0 radical (unpaired) electrons. The van der Waals surface area contributed by atoms with Crippen LogP contribution in [0.25, 0.3) is 0 Å². The number of hydrogen-bond donors (Lipinski definition) is 2. The van der Waals surface area contributed by atoms with E-state index in [2.05, 4.69) is 61.6 Å². The quantitative estimate of drug-likeness (QED) is 0.486. The average Bonchev–Trinajstić information content (AvgIpc) is 2.52. The zero-order valence-corrected chi connectivity index (χ0v) is 16.1. The molecule has 2 N–H and O–H groups in total. The molecule has 0 saturated carbocycles. The van der Waals surface area contributed by atoms with Gasteiger partial charge in [0.05, 0.1) is 0 Å². The number of hydrogen-bond acceptors (Lipinski definition) is 2. The standard InChI is InChI=1S/C19H33N3S/c1-5-6-7-8-13-22(4)14-9-12-20-19(23)21-18-11-10-16(2)17(3)15-18/h10-11,15H,5-9,12-14H2,1-4H3,(H2,20,21,23). The molecule has 0 amide bonds. The molecule has 0 bridgehead atoms.